The number of aliphatic hydroxyl groups excluding tert-OH is 1. The fourth-order valence-electron chi connectivity index (χ4n) is 2.22. The van der Waals surface area contributed by atoms with Gasteiger partial charge in [0, 0.05) is 25.1 Å². The molecule has 2 rings (SSSR count). The third-order valence-electron chi connectivity index (χ3n) is 3.09. The largest absolute Gasteiger partial charge is 0.480 e. The number of hydrogen-bond acceptors (Lipinski definition) is 5. The van der Waals surface area contributed by atoms with Crippen LogP contribution in [-0.4, -0.2) is 39.8 Å². The Morgan fingerprint density at radius 3 is 2.75 bits per heavy atom. The summed E-state index contributed by atoms with van der Waals surface area (Å²) in [7, 11) is 0. The smallest absolute Gasteiger partial charge is 0.326 e. The first-order valence-electron chi connectivity index (χ1n) is 5.62. The fraction of sp³-hybridized carbons (Fsp3) is 0.364. The molecule has 1 heterocycles. The number of benzene rings is 1. The molecule has 0 saturated carbocycles. The van der Waals surface area contributed by atoms with E-state index >= 15 is 0 Å². The van der Waals surface area contributed by atoms with Gasteiger partial charge in [-0.1, -0.05) is 0 Å². The van der Waals surface area contributed by atoms with Gasteiger partial charge >= 0.3 is 5.97 Å². The first kappa shape index (κ1) is 14.9. The van der Waals surface area contributed by atoms with Crippen molar-refractivity contribution in [2.45, 2.75) is 18.6 Å². The number of nitro benzene ring substituents is 1. The van der Waals surface area contributed by atoms with E-state index in [1.54, 1.807) is 22.6 Å². The van der Waals surface area contributed by atoms with Crippen molar-refractivity contribution in [2.75, 3.05) is 11.4 Å². The van der Waals surface area contributed by atoms with Crippen molar-refractivity contribution in [3.05, 3.63) is 31.6 Å². The van der Waals surface area contributed by atoms with Gasteiger partial charge in [-0.05, 0) is 22.6 Å². The normalized spacial score (nSPS) is 22.1. The Morgan fingerprint density at radius 2 is 2.20 bits per heavy atom. The first-order chi connectivity index (χ1) is 9.31. The number of β-amino-alcohol motifs (C(OH)–C–C–N with tert-alkyl or cyclic N) is 1. The van der Waals surface area contributed by atoms with Crippen LogP contribution in [0.2, 0.25) is 0 Å². The van der Waals surface area contributed by atoms with Crippen LogP contribution in [0.25, 0.3) is 0 Å². The highest BCUT2D eigenvalue weighted by atomic mass is 127. The van der Waals surface area contributed by atoms with Crippen molar-refractivity contribution in [1.82, 2.24) is 0 Å². The molecule has 2 N–H and O–H groups in total. The van der Waals surface area contributed by atoms with Crippen LogP contribution in [0.4, 0.5) is 15.8 Å². The van der Waals surface area contributed by atoms with Crippen LogP contribution in [-0.2, 0) is 4.79 Å². The van der Waals surface area contributed by atoms with Crippen molar-refractivity contribution < 1.29 is 24.3 Å². The molecule has 1 fully saturated rings. The number of aliphatic hydroxyl groups is 1. The summed E-state index contributed by atoms with van der Waals surface area (Å²) in [5.74, 6) is -1.88. The van der Waals surface area contributed by atoms with Crippen LogP contribution in [0.3, 0.4) is 0 Å². The molecule has 20 heavy (non-hydrogen) atoms. The number of anilines is 1. The summed E-state index contributed by atoms with van der Waals surface area (Å²) in [6.45, 7) is -0.0855. The van der Waals surface area contributed by atoms with Gasteiger partial charge in [-0.25, -0.2) is 9.18 Å². The molecule has 7 nitrogen and oxygen atoms in total. The number of carboxylic acid groups (broad SMARTS) is 1. The summed E-state index contributed by atoms with van der Waals surface area (Å²) >= 11 is 1.62. The average Bonchev–Trinajstić information content (AvgIpc) is 2.74. The molecule has 108 valence electrons. The predicted molar refractivity (Wildman–Crippen MR) is 75.2 cm³/mol. The molecule has 9 heteroatoms. The van der Waals surface area contributed by atoms with Crippen molar-refractivity contribution in [3.63, 3.8) is 0 Å². The molecule has 1 aromatic rings. The SMILES string of the molecule is O=C(O)C1CC(O)CN1c1cc(F)c(I)cc1[N+](=O)[O-]. The maximum Gasteiger partial charge on any atom is 0.326 e. The quantitative estimate of drug-likeness (QED) is 0.455. The van der Waals surface area contributed by atoms with Gasteiger partial charge in [-0.2, -0.15) is 0 Å². The van der Waals surface area contributed by atoms with E-state index in [2.05, 4.69) is 0 Å². The molecule has 0 radical (unpaired) electrons. The zero-order chi connectivity index (χ0) is 15.0. The number of nitro groups is 1. The van der Waals surface area contributed by atoms with Crippen molar-refractivity contribution in [2.24, 2.45) is 0 Å². The second kappa shape index (κ2) is 5.48. The topological polar surface area (TPSA) is 104 Å². The van der Waals surface area contributed by atoms with E-state index in [-0.39, 0.29) is 27.9 Å². The minimum absolute atomic E-state index is 0.0555. The molecule has 1 aromatic carbocycles. The molecule has 1 aliphatic rings. The van der Waals surface area contributed by atoms with E-state index in [0.717, 1.165) is 17.0 Å². The predicted octanol–water partition coefficient (Wildman–Crippen LogP) is 1.36. The Kier molecular flexibility index (Phi) is 4.09. The molecule has 0 aliphatic carbocycles. The molecular weight excluding hydrogens is 386 g/mol. The summed E-state index contributed by atoms with van der Waals surface area (Å²) in [4.78, 5) is 22.7. The van der Waals surface area contributed by atoms with Gasteiger partial charge in [0.1, 0.15) is 17.5 Å². The Balaban J connectivity index is 2.53. The highest BCUT2D eigenvalue weighted by Crippen LogP contribution is 2.36. The van der Waals surface area contributed by atoms with Gasteiger partial charge < -0.3 is 15.1 Å². The molecule has 1 aliphatic heterocycles. The van der Waals surface area contributed by atoms with Crippen molar-refractivity contribution >= 4 is 39.9 Å². The van der Waals surface area contributed by atoms with Crippen LogP contribution in [0.15, 0.2) is 12.1 Å². The monoisotopic (exact) mass is 396 g/mol. The van der Waals surface area contributed by atoms with E-state index in [9.17, 15) is 24.4 Å². The standard InChI is InChI=1S/C11H10FIN2O5/c12-6-2-8(9(15(19)20)3-7(6)13)14-4-5(16)1-10(14)11(17)18/h2-3,5,10,16H,1,4H2,(H,17,18). The maximum atomic E-state index is 13.6. The lowest BCUT2D eigenvalue weighted by Gasteiger charge is -2.23. The second-order valence-corrected chi connectivity index (χ2v) is 5.57. The van der Waals surface area contributed by atoms with Crippen LogP contribution in [0.5, 0.6) is 0 Å². The third kappa shape index (κ3) is 2.68. The average molecular weight is 396 g/mol. The molecule has 0 aromatic heterocycles. The molecule has 0 amide bonds. The van der Waals surface area contributed by atoms with Gasteiger partial charge in [0.2, 0.25) is 0 Å². The number of aliphatic carboxylic acids is 1. The Morgan fingerprint density at radius 1 is 1.55 bits per heavy atom. The van der Waals surface area contributed by atoms with Gasteiger partial charge in [-0.3, -0.25) is 10.1 Å². The summed E-state index contributed by atoms with van der Waals surface area (Å²) in [6, 6.07) is 0.881. The van der Waals surface area contributed by atoms with Crippen LogP contribution < -0.4 is 4.90 Å². The summed E-state index contributed by atoms with van der Waals surface area (Å²) in [5, 5.41) is 29.7. The van der Waals surface area contributed by atoms with Gasteiger partial charge in [0.15, 0.2) is 0 Å². The number of halogens is 2. The van der Waals surface area contributed by atoms with Gasteiger partial charge in [0.25, 0.3) is 5.69 Å². The number of carbonyl (C=O) groups is 1. The summed E-state index contributed by atoms with van der Waals surface area (Å²) in [5.41, 5.74) is -0.506. The molecule has 2 atom stereocenters. The van der Waals surface area contributed by atoms with Gasteiger partial charge in [0.05, 0.1) is 14.6 Å². The van der Waals surface area contributed by atoms with Crippen molar-refractivity contribution in [3.8, 4) is 0 Å². The van der Waals surface area contributed by atoms with E-state index in [0.29, 0.717) is 0 Å². The molecule has 0 bridgehead atoms. The lowest BCUT2D eigenvalue weighted by molar-refractivity contribution is -0.384. The highest BCUT2D eigenvalue weighted by Gasteiger charge is 2.39. The maximum absolute atomic E-state index is 13.6. The van der Waals surface area contributed by atoms with E-state index < -0.39 is 28.9 Å². The molecule has 1 saturated heterocycles. The van der Waals surface area contributed by atoms with Crippen molar-refractivity contribution in [1.29, 1.82) is 0 Å². The van der Waals surface area contributed by atoms with Crippen LogP contribution in [0, 0.1) is 19.5 Å². The Hall–Kier alpha value is -1.49. The lowest BCUT2D eigenvalue weighted by Crippen LogP contribution is -2.36. The lowest BCUT2D eigenvalue weighted by atomic mass is 10.2. The zero-order valence-electron chi connectivity index (χ0n) is 9.99. The second-order valence-electron chi connectivity index (χ2n) is 4.41. The Bertz CT molecular complexity index is 582. The van der Waals surface area contributed by atoms with Gasteiger partial charge in [-0.15, -0.1) is 0 Å². The number of hydrogen-bond donors (Lipinski definition) is 2. The minimum Gasteiger partial charge on any atom is -0.480 e. The molecule has 2 unspecified atom stereocenters. The summed E-state index contributed by atoms with van der Waals surface area (Å²) in [6.07, 6.45) is -0.974. The zero-order valence-corrected chi connectivity index (χ0v) is 12.2. The third-order valence-corrected chi connectivity index (χ3v) is 3.91. The summed E-state index contributed by atoms with van der Waals surface area (Å²) < 4.78 is 13.7. The fourth-order valence-corrected chi connectivity index (χ4v) is 2.67. The van der Waals surface area contributed by atoms with E-state index in [1.807, 2.05) is 0 Å². The molecular formula is C11H10FIN2O5. The van der Waals surface area contributed by atoms with Crippen LogP contribution >= 0.6 is 22.6 Å². The first-order valence-corrected chi connectivity index (χ1v) is 6.70. The number of rotatable bonds is 3. The Labute approximate surface area is 126 Å². The van der Waals surface area contributed by atoms with E-state index in [1.165, 1.54) is 0 Å². The highest BCUT2D eigenvalue weighted by molar-refractivity contribution is 14.1. The minimum atomic E-state index is -1.21. The molecule has 0 spiro atoms. The number of carboxylic acids is 1. The number of nitrogens with zero attached hydrogens (tertiary/aromatic N) is 2. The van der Waals surface area contributed by atoms with E-state index in [4.69, 9.17) is 5.11 Å². The van der Waals surface area contributed by atoms with Crippen LogP contribution in [0.1, 0.15) is 6.42 Å².